The van der Waals surface area contributed by atoms with Crippen molar-refractivity contribution in [1.82, 2.24) is 15.1 Å². The summed E-state index contributed by atoms with van der Waals surface area (Å²) in [7, 11) is 0. The molecule has 0 aromatic carbocycles. The van der Waals surface area contributed by atoms with E-state index in [1.165, 1.54) is 0 Å². The van der Waals surface area contributed by atoms with Gasteiger partial charge in [-0.25, -0.2) is 4.98 Å². The van der Waals surface area contributed by atoms with Crippen molar-refractivity contribution in [2.45, 2.75) is 20.4 Å². The zero-order valence-corrected chi connectivity index (χ0v) is 8.69. The van der Waals surface area contributed by atoms with Crippen molar-refractivity contribution in [1.29, 1.82) is 0 Å². The first-order valence-electron chi connectivity index (χ1n) is 4.69. The third-order valence-electron chi connectivity index (χ3n) is 1.99. The second-order valence-corrected chi connectivity index (χ2v) is 3.27. The standard InChI is InChI=1S/C10H12N4O/c1-7-5-9(14-15-7)6-13-10-8(2)11-3-4-12-10/h3-5H,6H2,1-2H3,(H,12,13). The molecule has 0 amide bonds. The average Bonchev–Trinajstić information content (AvgIpc) is 2.63. The normalized spacial score (nSPS) is 10.3. The summed E-state index contributed by atoms with van der Waals surface area (Å²) >= 11 is 0. The van der Waals surface area contributed by atoms with E-state index in [4.69, 9.17) is 4.52 Å². The number of hydrogen-bond acceptors (Lipinski definition) is 5. The van der Waals surface area contributed by atoms with Crippen LogP contribution < -0.4 is 5.32 Å². The molecule has 0 saturated carbocycles. The number of nitrogens with zero attached hydrogens (tertiary/aromatic N) is 3. The summed E-state index contributed by atoms with van der Waals surface area (Å²) in [6.07, 6.45) is 3.32. The monoisotopic (exact) mass is 204 g/mol. The van der Waals surface area contributed by atoms with Crippen LogP contribution in [0.1, 0.15) is 17.1 Å². The Morgan fingerprint density at radius 3 is 2.73 bits per heavy atom. The summed E-state index contributed by atoms with van der Waals surface area (Å²) in [5, 5.41) is 7.02. The number of anilines is 1. The first kappa shape index (κ1) is 9.64. The van der Waals surface area contributed by atoms with E-state index in [-0.39, 0.29) is 0 Å². The van der Waals surface area contributed by atoms with Crippen LogP contribution in [0.3, 0.4) is 0 Å². The van der Waals surface area contributed by atoms with Gasteiger partial charge in [-0.05, 0) is 13.8 Å². The molecule has 78 valence electrons. The maximum atomic E-state index is 4.96. The quantitative estimate of drug-likeness (QED) is 0.824. The maximum absolute atomic E-state index is 4.96. The second-order valence-electron chi connectivity index (χ2n) is 3.27. The van der Waals surface area contributed by atoms with Gasteiger partial charge in [0.25, 0.3) is 0 Å². The molecule has 0 unspecified atom stereocenters. The minimum atomic E-state index is 0.594. The Bertz CT molecular complexity index is 452. The molecule has 0 aliphatic carbocycles. The predicted octanol–water partition coefficient (Wildman–Crippen LogP) is 1.69. The van der Waals surface area contributed by atoms with Gasteiger partial charge in [0.15, 0.2) is 0 Å². The van der Waals surface area contributed by atoms with Crippen molar-refractivity contribution in [3.63, 3.8) is 0 Å². The van der Waals surface area contributed by atoms with Crippen molar-refractivity contribution >= 4 is 5.82 Å². The lowest BCUT2D eigenvalue weighted by Crippen LogP contribution is -2.03. The van der Waals surface area contributed by atoms with E-state index in [0.717, 1.165) is 23.0 Å². The molecule has 0 aliphatic rings. The molecule has 2 aromatic rings. The molecule has 0 spiro atoms. The largest absolute Gasteiger partial charge is 0.363 e. The highest BCUT2D eigenvalue weighted by atomic mass is 16.5. The van der Waals surface area contributed by atoms with E-state index in [0.29, 0.717) is 6.54 Å². The van der Waals surface area contributed by atoms with Crippen LogP contribution in [0, 0.1) is 13.8 Å². The Balaban J connectivity index is 2.02. The van der Waals surface area contributed by atoms with Crippen molar-refractivity contribution in [3.05, 3.63) is 35.6 Å². The lowest BCUT2D eigenvalue weighted by Gasteiger charge is -2.04. The van der Waals surface area contributed by atoms with Crippen LogP contribution in [-0.4, -0.2) is 15.1 Å². The smallest absolute Gasteiger partial charge is 0.147 e. The minimum absolute atomic E-state index is 0.594. The van der Waals surface area contributed by atoms with Crippen molar-refractivity contribution in [2.24, 2.45) is 0 Å². The fraction of sp³-hybridized carbons (Fsp3) is 0.300. The fourth-order valence-corrected chi connectivity index (χ4v) is 1.26. The van der Waals surface area contributed by atoms with Gasteiger partial charge < -0.3 is 9.84 Å². The molecule has 2 aromatic heterocycles. The molecular formula is C10H12N4O. The van der Waals surface area contributed by atoms with E-state index in [9.17, 15) is 0 Å². The Hall–Kier alpha value is -1.91. The molecule has 0 fully saturated rings. The second kappa shape index (κ2) is 4.08. The van der Waals surface area contributed by atoms with Crippen molar-refractivity contribution < 1.29 is 4.52 Å². The molecule has 0 bridgehead atoms. The Morgan fingerprint density at radius 1 is 1.27 bits per heavy atom. The van der Waals surface area contributed by atoms with Gasteiger partial charge in [0.1, 0.15) is 17.3 Å². The summed E-state index contributed by atoms with van der Waals surface area (Å²) in [5.74, 6) is 1.58. The molecule has 2 rings (SSSR count). The van der Waals surface area contributed by atoms with Crippen LogP contribution in [0.4, 0.5) is 5.82 Å². The van der Waals surface area contributed by atoms with E-state index >= 15 is 0 Å². The fourth-order valence-electron chi connectivity index (χ4n) is 1.26. The van der Waals surface area contributed by atoms with E-state index in [1.807, 2.05) is 19.9 Å². The lowest BCUT2D eigenvalue weighted by molar-refractivity contribution is 0.391. The molecule has 0 saturated heterocycles. The lowest BCUT2D eigenvalue weighted by atomic mass is 10.3. The molecule has 5 nitrogen and oxygen atoms in total. The Kier molecular flexibility index (Phi) is 2.62. The van der Waals surface area contributed by atoms with Crippen LogP contribution in [0.25, 0.3) is 0 Å². The van der Waals surface area contributed by atoms with E-state index in [1.54, 1.807) is 12.4 Å². The van der Waals surface area contributed by atoms with Gasteiger partial charge in [-0.2, -0.15) is 0 Å². The zero-order valence-electron chi connectivity index (χ0n) is 8.69. The number of aryl methyl sites for hydroxylation is 2. The summed E-state index contributed by atoms with van der Waals surface area (Å²) < 4.78 is 4.96. The van der Waals surface area contributed by atoms with Gasteiger partial charge >= 0.3 is 0 Å². The minimum Gasteiger partial charge on any atom is -0.363 e. The molecule has 5 heteroatoms. The number of hydrogen-bond donors (Lipinski definition) is 1. The first-order valence-corrected chi connectivity index (χ1v) is 4.69. The number of aromatic nitrogens is 3. The molecule has 15 heavy (non-hydrogen) atoms. The molecule has 0 atom stereocenters. The van der Waals surface area contributed by atoms with E-state index in [2.05, 4.69) is 20.4 Å². The molecular weight excluding hydrogens is 192 g/mol. The van der Waals surface area contributed by atoms with Gasteiger partial charge in [-0.15, -0.1) is 0 Å². The third-order valence-corrected chi connectivity index (χ3v) is 1.99. The van der Waals surface area contributed by atoms with Gasteiger partial charge in [0.05, 0.1) is 12.2 Å². The zero-order chi connectivity index (χ0) is 10.7. The molecule has 0 radical (unpaired) electrons. The van der Waals surface area contributed by atoms with Crippen molar-refractivity contribution in [2.75, 3.05) is 5.32 Å². The Labute approximate surface area is 87.5 Å². The summed E-state index contributed by atoms with van der Waals surface area (Å²) in [6.45, 7) is 4.37. The highest BCUT2D eigenvalue weighted by Gasteiger charge is 2.02. The van der Waals surface area contributed by atoms with E-state index < -0.39 is 0 Å². The average molecular weight is 204 g/mol. The SMILES string of the molecule is Cc1cc(CNc2nccnc2C)no1. The number of nitrogens with one attached hydrogen (secondary N) is 1. The summed E-state index contributed by atoms with van der Waals surface area (Å²) in [5.41, 5.74) is 1.73. The number of rotatable bonds is 3. The van der Waals surface area contributed by atoms with Crippen LogP contribution >= 0.6 is 0 Å². The van der Waals surface area contributed by atoms with Crippen LogP contribution in [0.15, 0.2) is 23.0 Å². The van der Waals surface area contributed by atoms with Gasteiger partial charge in [0.2, 0.25) is 0 Å². The van der Waals surface area contributed by atoms with Gasteiger partial charge in [-0.3, -0.25) is 4.98 Å². The maximum Gasteiger partial charge on any atom is 0.147 e. The van der Waals surface area contributed by atoms with Gasteiger partial charge in [0, 0.05) is 18.5 Å². The van der Waals surface area contributed by atoms with Crippen molar-refractivity contribution in [3.8, 4) is 0 Å². The van der Waals surface area contributed by atoms with Crippen LogP contribution in [0.5, 0.6) is 0 Å². The molecule has 0 aliphatic heterocycles. The summed E-state index contributed by atoms with van der Waals surface area (Å²) in [4.78, 5) is 8.30. The first-order chi connectivity index (χ1) is 7.25. The highest BCUT2D eigenvalue weighted by Crippen LogP contribution is 2.08. The van der Waals surface area contributed by atoms with Crippen LogP contribution in [-0.2, 0) is 6.54 Å². The van der Waals surface area contributed by atoms with Gasteiger partial charge in [-0.1, -0.05) is 5.16 Å². The molecule has 2 heterocycles. The highest BCUT2D eigenvalue weighted by molar-refractivity contribution is 5.38. The molecule has 1 N–H and O–H groups in total. The Morgan fingerprint density at radius 2 is 2.07 bits per heavy atom. The topological polar surface area (TPSA) is 63.8 Å². The van der Waals surface area contributed by atoms with Crippen LogP contribution in [0.2, 0.25) is 0 Å². The predicted molar refractivity (Wildman–Crippen MR) is 55.3 cm³/mol. The third kappa shape index (κ3) is 2.31. The summed E-state index contributed by atoms with van der Waals surface area (Å²) in [6, 6.07) is 1.89.